The van der Waals surface area contributed by atoms with Gasteiger partial charge < -0.3 is 10.1 Å². The van der Waals surface area contributed by atoms with Crippen molar-refractivity contribution in [3.8, 4) is 0 Å². The molecule has 0 aliphatic carbocycles. The number of esters is 1. The second kappa shape index (κ2) is 4.60. The van der Waals surface area contributed by atoms with Gasteiger partial charge in [0.1, 0.15) is 11.9 Å². The first-order chi connectivity index (χ1) is 6.63. The first-order valence-electron chi connectivity index (χ1n) is 4.40. The summed E-state index contributed by atoms with van der Waals surface area (Å²) in [7, 11) is 1.37. The molecule has 0 aromatic carbocycles. The average molecular weight is 194 g/mol. The van der Waals surface area contributed by atoms with Crippen LogP contribution in [-0.4, -0.2) is 24.1 Å². The summed E-state index contributed by atoms with van der Waals surface area (Å²) in [6.07, 6.45) is 1.70. The Bertz CT molecular complexity index is 326. The summed E-state index contributed by atoms with van der Waals surface area (Å²) in [6, 6.07) is 3.39. The van der Waals surface area contributed by atoms with E-state index in [0.717, 1.165) is 5.56 Å². The Morgan fingerprint density at radius 3 is 2.93 bits per heavy atom. The van der Waals surface area contributed by atoms with Crippen LogP contribution in [0.2, 0.25) is 0 Å². The van der Waals surface area contributed by atoms with Crippen molar-refractivity contribution < 1.29 is 9.53 Å². The largest absolute Gasteiger partial charge is 0.467 e. The molecule has 1 N–H and O–H groups in total. The van der Waals surface area contributed by atoms with Crippen LogP contribution in [0.15, 0.2) is 18.3 Å². The molecule has 0 radical (unpaired) electrons. The van der Waals surface area contributed by atoms with E-state index in [-0.39, 0.29) is 12.0 Å². The van der Waals surface area contributed by atoms with E-state index in [1.807, 2.05) is 19.1 Å². The molecular formula is C10H14N2O2. The molecule has 1 aromatic heterocycles. The number of aryl methyl sites for hydroxylation is 1. The highest BCUT2D eigenvalue weighted by atomic mass is 16.5. The first kappa shape index (κ1) is 10.5. The van der Waals surface area contributed by atoms with Crippen LogP contribution in [0, 0.1) is 6.92 Å². The molecule has 76 valence electrons. The second-order valence-corrected chi connectivity index (χ2v) is 3.11. The van der Waals surface area contributed by atoms with E-state index in [1.54, 1.807) is 13.1 Å². The number of rotatable bonds is 3. The molecule has 1 aromatic rings. The molecule has 0 aliphatic rings. The lowest BCUT2D eigenvalue weighted by molar-refractivity contribution is -0.141. The van der Waals surface area contributed by atoms with Crippen molar-refractivity contribution in [3.63, 3.8) is 0 Å². The van der Waals surface area contributed by atoms with E-state index in [2.05, 4.69) is 15.0 Å². The number of hydrogen-bond acceptors (Lipinski definition) is 4. The summed E-state index contributed by atoms with van der Waals surface area (Å²) in [4.78, 5) is 15.2. The first-order valence-corrected chi connectivity index (χ1v) is 4.40. The van der Waals surface area contributed by atoms with Gasteiger partial charge in [0.2, 0.25) is 0 Å². The maximum atomic E-state index is 11.1. The van der Waals surface area contributed by atoms with Crippen LogP contribution in [0.25, 0.3) is 0 Å². The molecule has 0 amide bonds. The summed E-state index contributed by atoms with van der Waals surface area (Å²) in [5, 5.41) is 2.95. The second-order valence-electron chi connectivity index (χ2n) is 3.11. The zero-order valence-electron chi connectivity index (χ0n) is 8.57. The Morgan fingerprint density at radius 1 is 1.64 bits per heavy atom. The van der Waals surface area contributed by atoms with Gasteiger partial charge in [0.25, 0.3) is 0 Å². The van der Waals surface area contributed by atoms with Gasteiger partial charge in [-0.2, -0.15) is 0 Å². The summed E-state index contributed by atoms with van der Waals surface area (Å²) in [5.41, 5.74) is 1.10. The van der Waals surface area contributed by atoms with Crippen LogP contribution in [0.3, 0.4) is 0 Å². The molecule has 4 heteroatoms. The zero-order valence-corrected chi connectivity index (χ0v) is 8.57. The van der Waals surface area contributed by atoms with Crippen molar-refractivity contribution in [2.75, 3.05) is 12.4 Å². The van der Waals surface area contributed by atoms with Crippen molar-refractivity contribution >= 4 is 11.8 Å². The van der Waals surface area contributed by atoms with Gasteiger partial charge in [-0.15, -0.1) is 0 Å². The van der Waals surface area contributed by atoms with Crippen LogP contribution >= 0.6 is 0 Å². The van der Waals surface area contributed by atoms with Crippen molar-refractivity contribution in [2.45, 2.75) is 19.9 Å². The molecule has 1 unspecified atom stereocenters. The number of nitrogens with zero attached hydrogens (tertiary/aromatic N) is 1. The minimum absolute atomic E-state index is 0.298. The van der Waals surface area contributed by atoms with E-state index in [1.165, 1.54) is 7.11 Å². The predicted molar refractivity (Wildman–Crippen MR) is 54.1 cm³/mol. The van der Waals surface area contributed by atoms with Gasteiger partial charge in [-0.25, -0.2) is 9.78 Å². The third-order valence-electron chi connectivity index (χ3n) is 1.83. The zero-order chi connectivity index (χ0) is 10.6. The fourth-order valence-electron chi connectivity index (χ4n) is 1.07. The summed E-state index contributed by atoms with van der Waals surface area (Å²) in [6.45, 7) is 3.70. The molecule has 0 fully saturated rings. The third kappa shape index (κ3) is 2.73. The molecule has 1 heterocycles. The van der Waals surface area contributed by atoms with Gasteiger partial charge >= 0.3 is 5.97 Å². The van der Waals surface area contributed by atoms with Crippen LogP contribution < -0.4 is 5.32 Å². The maximum Gasteiger partial charge on any atom is 0.328 e. The highest BCUT2D eigenvalue weighted by Gasteiger charge is 2.12. The van der Waals surface area contributed by atoms with Gasteiger partial charge in [-0.05, 0) is 31.5 Å². The normalized spacial score (nSPS) is 11.9. The molecule has 0 spiro atoms. The van der Waals surface area contributed by atoms with Gasteiger partial charge in [0.05, 0.1) is 7.11 Å². The minimum atomic E-state index is -0.380. The Balaban J connectivity index is 2.64. The van der Waals surface area contributed by atoms with E-state index in [9.17, 15) is 4.79 Å². The average Bonchev–Trinajstić information content (AvgIpc) is 2.16. The number of ether oxygens (including phenoxy) is 1. The van der Waals surface area contributed by atoms with Crippen LogP contribution in [0.4, 0.5) is 5.82 Å². The van der Waals surface area contributed by atoms with Crippen molar-refractivity contribution in [2.24, 2.45) is 0 Å². The Morgan fingerprint density at radius 2 is 2.36 bits per heavy atom. The summed E-state index contributed by atoms with van der Waals surface area (Å²) >= 11 is 0. The van der Waals surface area contributed by atoms with Crippen LogP contribution in [0.5, 0.6) is 0 Å². The number of carbonyl (C=O) groups excluding carboxylic acids is 1. The van der Waals surface area contributed by atoms with Gasteiger partial charge in [0, 0.05) is 6.20 Å². The lowest BCUT2D eigenvalue weighted by atomic mass is 10.3. The smallest absolute Gasteiger partial charge is 0.328 e. The Hall–Kier alpha value is -1.58. The standard InChI is InChI=1S/C10H14N2O2/c1-7-4-5-11-9(6-7)12-8(2)10(13)14-3/h4-6,8H,1-3H3,(H,11,12). The lowest BCUT2D eigenvalue weighted by Crippen LogP contribution is -2.27. The summed E-state index contributed by atoms with van der Waals surface area (Å²) < 4.78 is 4.59. The molecule has 0 bridgehead atoms. The van der Waals surface area contributed by atoms with Crippen LogP contribution in [0.1, 0.15) is 12.5 Å². The fourth-order valence-corrected chi connectivity index (χ4v) is 1.07. The molecule has 0 saturated heterocycles. The Labute approximate surface area is 83.3 Å². The predicted octanol–water partition coefficient (Wildman–Crippen LogP) is 1.36. The van der Waals surface area contributed by atoms with Crippen molar-refractivity contribution in [3.05, 3.63) is 23.9 Å². The van der Waals surface area contributed by atoms with Gasteiger partial charge in [0.15, 0.2) is 0 Å². The third-order valence-corrected chi connectivity index (χ3v) is 1.83. The van der Waals surface area contributed by atoms with E-state index >= 15 is 0 Å². The maximum absolute atomic E-state index is 11.1. The van der Waals surface area contributed by atoms with Crippen molar-refractivity contribution in [1.29, 1.82) is 0 Å². The number of aromatic nitrogens is 1. The number of methoxy groups -OCH3 is 1. The molecule has 14 heavy (non-hydrogen) atoms. The molecule has 4 nitrogen and oxygen atoms in total. The lowest BCUT2D eigenvalue weighted by Gasteiger charge is -2.11. The SMILES string of the molecule is COC(=O)C(C)Nc1cc(C)ccn1. The highest BCUT2D eigenvalue weighted by molar-refractivity contribution is 5.78. The van der Waals surface area contributed by atoms with E-state index in [0.29, 0.717) is 5.82 Å². The minimum Gasteiger partial charge on any atom is -0.467 e. The Kier molecular flexibility index (Phi) is 3.45. The highest BCUT2D eigenvalue weighted by Crippen LogP contribution is 2.07. The molecule has 1 atom stereocenters. The number of hydrogen-bond donors (Lipinski definition) is 1. The molecular weight excluding hydrogens is 180 g/mol. The topological polar surface area (TPSA) is 51.2 Å². The molecule has 0 saturated carbocycles. The number of anilines is 1. The molecule has 1 rings (SSSR count). The number of nitrogens with one attached hydrogen (secondary N) is 1. The van der Waals surface area contributed by atoms with Crippen LogP contribution in [-0.2, 0) is 9.53 Å². The monoisotopic (exact) mass is 194 g/mol. The number of carbonyl (C=O) groups is 1. The van der Waals surface area contributed by atoms with Gasteiger partial charge in [-0.1, -0.05) is 0 Å². The quantitative estimate of drug-likeness (QED) is 0.738. The van der Waals surface area contributed by atoms with E-state index < -0.39 is 0 Å². The van der Waals surface area contributed by atoms with Gasteiger partial charge in [-0.3, -0.25) is 0 Å². The summed E-state index contributed by atoms with van der Waals surface area (Å²) in [5.74, 6) is 0.385. The van der Waals surface area contributed by atoms with E-state index in [4.69, 9.17) is 0 Å². The molecule has 0 aliphatic heterocycles. The van der Waals surface area contributed by atoms with Crippen molar-refractivity contribution in [1.82, 2.24) is 4.98 Å². The fraction of sp³-hybridized carbons (Fsp3) is 0.400. The number of pyridine rings is 1.